The summed E-state index contributed by atoms with van der Waals surface area (Å²) in [7, 11) is 0. The highest BCUT2D eigenvalue weighted by Crippen LogP contribution is 2.30. The van der Waals surface area contributed by atoms with Crippen LogP contribution in [0.5, 0.6) is 5.75 Å². The average molecular weight is 231 g/mol. The van der Waals surface area contributed by atoms with Gasteiger partial charge in [-0.1, -0.05) is 12.2 Å². The number of aryl methyl sites for hydroxylation is 1. The number of allylic oxidation sites excluding steroid dienone is 1. The number of phenols is 1. The molecular weight excluding hydrogens is 218 g/mol. The van der Waals surface area contributed by atoms with Crippen LogP contribution in [0.25, 0.3) is 16.1 Å². The van der Waals surface area contributed by atoms with Gasteiger partial charge < -0.3 is 5.11 Å². The second kappa shape index (κ2) is 4.10. The van der Waals surface area contributed by atoms with Crippen LogP contribution in [0.2, 0.25) is 0 Å². The topological polar surface area (TPSA) is 33.1 Å². The minimum atomic E-state index is 0.253. The van der Waals surface area contributed by atoms with Gasteiger partial charge in [-0.2, -0.15) is 0 Å². The van der Waals surface area contributed by atoms with E-state index >= 15 is 0 Å². The van der Waals surface area contributed by atoms with Crippen molar-refractivity contribution in [3.05, 3.63) is 41.4 Å². The molecule has 82 valence electrons. The standard InChI is InChI=1S/C13H13NOS/c1-8(2)10-4-11(6-12(15)5-10)13-14-7-9(3)16-13/h4-7,15H,1H2,2-3H3. The second-order valence-electron chi connectivity index (χ2n) is 3.82. The molecule has 0 saturated carbocycles. The fourth-order valence-electron chi connectivity index (χ4n) is 1.47. The van der Waals surface area contributed by atoms with Crippen LogP contribution in [-0.4, -0.2) is 10.1 Å². The molecule has 0 aliphatic rings. The van der Waals surface area contributed by atoms with Gasteiger partial charge in [-0.25, -0.2) is 4.98 Å². The third-order valence-electron chi connectivity index (χ3n) is 2.28. The van der Waals surface area contributed by atoms with E-state index in [1.165, 1.54) is 0 Å². The maximum absolute atomic E-state index is 9.65. The van der Waals surface area contributed by atoms with Gasteiger partial charge in [0.25, 0.3) is 0 Å². The lowest BCUT2D eigenvalue weighted by molar-refractivity contribution is 0.475. The quantitative estimate of drug-likeness (QED) is 0.851. The summed E-state index contributed by atoms with van der Waals surface area (Å²) in [6, 6.07) is 5.44. The summed E-state index contributed by atoms with van der Waals surface area (Å²) in [5.74, 6) is 0.253. The molecule has 0 spiro atoms. The molecule has 2 rings (SSSR count). The van der Waals surface area contributed by atoms with Crippen LogP contribution in [0.3, 0.4) is 0 Å². The highest BCUT2D eigenvalue weighted by Gasteiger charge is 2.06. The summed E-state index contributed by atoms with van der Waals surface area (Å²) in [5.41, 5.74) is 2.82. The van der Waals surface area contributed by atoms with Crippen molar-refractivity contribution in [3.63, 3.8) is 0 Å². The van der Waals surface area contributed by atoms with E-state index in [0.29, 0.717) is 0 Å². The van der Waals surface area contributed by atoms with Crippen LogP contribution >= 0.6 is 11.3 Å². The van der Waals surface area contributed by atoms with Gasteiger partial charge in [0.15, 0.2) is 0 Å². The zero-order chi connectivity index (χ0) is 11.7. The second-order valence-corrected chi connectivity index (χ2v) is 5.06. The molecule has 0 atom stereocenters. The zero-order valence-electron chi connectivity index (χ0n) is 9.32. The molecule has 1 aromatic carbocycles. The van der Waals surface area contributed by atoms with Crippen molar-refractivity contribution in [1.29, 1.82) is 0 Å². The smallest absolute Gasteiger partial charge is 0.123 e. The monoisotopic (exact) mass is 231 g/mol. The van der Waals surface area contributed by atoms with Gasteiger partial charge in [-0.05, 0) is 37.6 Å². The molecule has 0 fully saturated rings. The Kier molecular flexibility index (Phi) is 2.79. The molecule has 0 unspecified atom stereocenters. The van der Waals surface area contributed by atoms with E-state index in [9.17, 15) is 5.11 Å². The van der Waals surface area contributed by atoms with Gasteiger partial charge in [0.05, 0.1) is 0 Å². The van der Waals surface area contributed by atoms with E-state index in [-0.39, 0.29) is 5.75 Å². The van der Waals surface area contributed by atoms with Gasteiger partial charge in [-0.15, -0.1) is 11.3 Å². The molecule has 3 heteroatoms. The van der Waals surface area contributed by atoms with Gasteiger partial charge in [0.2, 0.25) is 0 Å². The lowest BCUT2D eigenvalue weighted by Crippen LogP contribution is -1.82. The number of aromatic nitrogens is 1. The number of aromatic hydroxyl groups is 1. The van der Waals surface area contributed by atoms with Crippen LogP contribution in [0.15, 0.2) is 31.0 Å². The zero-order valence-corrected chi connectivity index (χ0v) is 10.1. The first-order valence-corrected chi connectivity index (χ1v) is 5.80. The number of phenolic OH excluding ortho intramolecular Hbond substituents is 1. The van der Waals surface area contributed by atoms with E-state index in [1.54, 1.807) is 23.5 Å². The summed E-state index contributed by atoms with van der Waals surface area (Å²) in [6.45, 7) is 7.82. The molecule has 0 aliphatic carbocycles. The number of nitrogens with zero attached hydrogens (tertiary/aromatic N) is 1. The highest BCUT2D eigenvalue weighted by atomic mass is 32.1. The SMILES string of the molecule is C=C(C)c1cc(O)cc(-c2ncc(C)s2)c1. The van der Waals surface area contributed by atoms with Crippen molar-refractivity contribution in [2.75, 3.05) is 0 Å². The Balaban J connectivity index is 2.53. The maximum Gasteiger partial charge on any atom is 0.123 e. The Morgan fingerprint density at radius 2 is 2.12 bits per heavy atom. The van der Waals surface area contributed by atoms with Gasteiger partial charge in [-0.3, -0.25) is 0 Å². The molecule has 1 heterocycles. The molecular formula is C13H13NOS. The summed E-state index contributed by atoms with van der Waals surface area (Å²) in [6.07, 6.45) is 1.84. The first-order valence-electron chi connectivity index (χ1n) is 4.99. The minimum absolute atomic E-state index is 0.253. The number of rotatable bonds is 2. The molecule has 1 aromatic heterocycles. The van der Waals surface area contributed by atoms with Crippen LogP contribution in [0.1, 0.15) is 17.4 Å². The summed E-state index contributed by atoms with van der Waals surface area (Å²) in [4.78, 5) is 5.47. The molecule has 0 radical (unpaired) electrons. The van der Waals surface area contributed by atoms with E-state index in [0.717, 1.165) is 26.6 Å². The Labute approximate surface area is 98.9 Å². The van der Waals surface area contributed by atoms with E-state index in [4.69, 9.17) is 0 Å². The van der Waals surface area contributed by atoms with Gasteiger partial charge in [0, 0.05) is 16.6 Å². The Morgan fingerprint density at radius 1 is 1.38 bits per heavy atom. The van der Waals surface area contributed by atoms with Crippen LogP contribution < -0.4 is 0 Å². The molecule has 2 nitrogen and oxygen atoms in total. The normalized spacial score (nSPS) is 10.4. The molecule has 0 aliphatic heterocycles. The van der Waals surface area contributed by atoms with Crippen molar-refractivity contribution < 1.29 is 5.11 Å². The third-order valence-corrected chi connectivity index (χ3v) is 3.24. The Morgan fingerprint density at radius 3 is 2.69 bits per heavy atom. The van der Waals surface area contributed by atoms with Crippen LogP contribution in [-0.2, 0) is 0 Å². The Bertz CT molecular complexity index is 543. The van der Waals surface area contributed by atoms with Crippen molar-refractivity contribution in [1.82, 2.24) is 4.98 Å². The van der Waals surface area contributed by atoms with Crippen molar-refractivity contribution >= 4 is 16.9 Å². The van der Waals surface area contributed by atoms with Crippen molar-refractivity contribution in [3.8, 4) is 16.3 Å². The molecule has 1 N–H and O–H groups in total. The fourth-order valence-corrected chi connectivity index (χ4v) is 2.22. The van der Waals surface area contributed by atoms with Gasteiger partial charge >= 0.3 is 0 Å². The summed E-state index contributed by atoms with van der Waals surface area (Å²) < 4.78 is 0. The predicted molar refractivity (Wildman–Crippen MR) is 68.7 cm³/mol. The lowest BCUT2D eigenvalue weighted by Gasteiger charge is -2.04. The summed E-state index contributed by atoms with van der Waals surface area (Å²) in [5, 5.41) is 10.6. The fraction of sp³-hybridized carbons (Fsp3) is 0.154. The number of thiazole rings is 1. The van der Waals surface area contributed by atoms with E-state index in [2.05, 4.69) is 11.6 Å². The molecule has 16 heavy (non-hydrogen) atoms. The molecule has 0 bridgehead atoms. The van der Waals surface area contributed by atoms with Gasteiger partial charge in [0.1, 0.15) is 10.8 Å². The Hall–Kier alpha value is -1.61. The number of hydrogen-bond donors (Lipinski definition) is 1. The van der Waals surface area contributed by atoms with Crippen LogP contribution in [0, 0.1) is 6.92 Å². The highest BCUT2D eigenvalue weighted by molar-refractivity contribution is 7.14. The third kappa shape index (κ3) is 2.14. The molecule has 2 aromatic rings. The summed E-state index contributed by atoms with van der Waals surface area (Å²) >= 11 is 1.62. The molecule has 0 amide bonds. The molecule has 0 saturated heterocycles. The average Bonchev–Trinajstić information content (AvgIpc) is 2.64. The van der Waals surface area contributed by atoms with E-state index in [1.807, 2.05) is 26.1 Å². The van der Waals surface area contributed by atoms with E-state index < -0.39 is 0 Å². The maximum atomic E-state index is 9.65. The van der Waals surface area contributed by atoms with Crippen molar-refractivity contribution in [2.45, 2.75) is 13.8 Å². The lowest BCUT2D eigenvalue weighted by atomic mass is 10.1. The predicted octanol–water partition coefficient (Wildman–Crippen LogP) is 3.86. The van der Waals surface area contributed by atoms with Crippen LogP contribution in [0.4, 0.5) is 0 Å². The largest absolute Gasteiger partial charge is 0.508 e. The number of benzene rings is 1. The van der Waals surface area contributed by atoms with Crippen molar-refractivity contribution in [2.24, 2.45) is 0 Å². The minimum Gasteiger partial charge on any atom is -0.508 e. The first-order chi connectivity index (χ1) is 7.56. The number of hydrogen-bond acceptors (Lipinski definition) is 3. The first kappa shape index (κ1) is 10.9.